The Morgan fingerprint density at radius 2 is 0.531 bits per heavy atom. The van der Waals surface area contributed by atoms with Crippen molar-refractivity contribution in [1.82, 2.24) is 0 Å². The molecule has 0 heterocycles. The van der Waals surface area contributed by atoms with Crippen molar-refractivity contribution in [3.05, 3.63) is 166 Å². The summed E-state index contributed by atoms with van der Waals surface area (Å²) >= 11 is 0. The van der Waals surface area contributed by atoms with Crippen LogP contribution in [0, 0.1) is 0 Å². The molecule has 0 aliphatic carbocycles. The fourth-order valence-electron chi connectivity index (χ4n) is 7.97. The molecule has 0 aromatic heterocycles. The van der Waals surface area contributed by atoms with Gasteiger partial charge in [-0.1, -0.05) is 287 Å². The predicted molar refractivity (Wildman–Crippen MR) is 283 cm³/mol. The zero-order chi connectivity index (χ0) is 44.5. The van der Waals surface area contributed by atoms with Gasteiger partial charge in [0.1, 0.15) is 11.5 Å². The van der Waals surface area contributed by atoms with Crippen molar-refractivity contribution >= 4 is 48.6 Å². The zero-order valence-electron chi connectivity index (χ0n) is 39.5. The van der Waals surface area contributed by atoms with Crippen molar-refractivity contribution < 1.29 is 9.47 Å². The molecule has 0 saturated heterocycles. The average Bonchev–Trinajstić information content (AvgIpc) is 3.34. The van der Waals surface area contributed by atoms with E-state index in [1.165, 1.54) is 138 Å². The highest BCUT2D eigenvalue weighted by atomic mass is 16.5. The molecule has 338 valence electrons. The van der Waals surface area contributed by atoms with Crippen LogP contribution in [0.1, 0.15) is 187 Å². The summed E-state index contributed by atoms with van der Waals surface area (Å²) in [6.45, 7) is 5.99. The Labute approximate surface area is 389 Å². The maximum atomic E-state index is 6.67. The smallest absolute Gasteiger partial charge is 0.127 e. The van der Waals surface area contributed by atoms with Gasteiger partial charge in [-0.15, -0.1) is 0 Å². The molecule has 0 aliphatic heterocycles. The van der Waals surface area contributed by atoms with Gasteiger partial charge < -0.3 is 9.47 Å². The van der Waals surface area contributed by atoms with E-state index in [0.717, 1.165) is 46.6 Å². The molecule has 0 unspecified atom stereocenters. The van der Waals surface area contributed by atoms with Crippen molar-refractivity contribution in [2.24, 2.45) is 0 Å². The molecule has 0 amide bonds. The lowest BCUT2D eigenvalue weighted by Gasteiger charge is -2.16. The van der Waals surface area contributed by atoms with Gasteiger partial charge in [0.25, 0.3) is 0 Å². The van der Waals surface area contributed by atoms with Crippen molar-refractivity contribution in [2.45, 2.75) is 142 Å². The normalized spacial score (nSPS) is 11.8. The van der Waals surface area contributed by atoms with Gasteiger partial charge in [-0.25, -0.2) is 0 Å². The number of benzene rings is 5. The van der Waals surface area contributed by atoms with E-state index in [1.807, 2.05) is 0 Å². The van der Waals surface area contributed by atoms with E-state index in [-0.39, 0.29) is 0 Å². The molecular weight excluding hydrogens is 777 g/mol. The highest BCUT2D eigenvalue weighted by Gasteiger charge is 2.11. The maximum absolute atomic E-state index is 6.67. The topological polar surface area (TPSA) is 18.5 Å². The summed E-state index contributed by atoms with van der Waals surface area (Å²) < 4.78 is 13.3. The van der Waals surface area contributed by atoms with E-state index in [0.29, 0.717) is 13.2 Å². The summed E-state index contributed by atoms with van der Waals surface area (Å²) in [6.07, 6.45) is 43.6. The largest absolute Gasteiger partial charge is 0.493 e. The molecule has 2 nitrogen and oxygen atoms in total. The van der Waals surface area contributed by atoms with Crippen molar-refractivity contribution in [2.75, 3.05) is 13.2 Å². The average molecular weight is 855 g/mol. The minimum atomic E-state index is 0.708. The molecule has 0 atom stereocenters. The molecule has 64 heavy (non-hydrogen) atoms. The van der Waals surface area contributed by atoms with Crippen LogP contribution in [0.3, 0.4) is 0 Å². The van der Waals surface area contributed by atoms with Crippen LogP contribution in [0.25, 0.3) is 48.6 Å². The third-order valence-corrected chi connectivity index (χ3v) is 12.0. The molecule has 0 spiro atoms. The van der Waals surface area contributed by atoms with Crippen LogP contribution in [0.5, 0.6) is 11.5 Å². The van der Waals surface area contributed by atoms with Gasteiger partial charge in [0.2, 0.25) is 0 Å². The zero-order valence-corrected chi connectivity index (χ0v) is 39.5. The molecule has 0 bridgehead atoms. The van der Waals surface area contributed by atoms with Crippen LogP contribution >= 0.6 is 0 Å². The molecule has 0 radical (unpaired) electrons. The van der Waals surface area contributed by atoms with Crippen LogP contribution in [-0.2, 0) is 0 Å². The van der Waals surface area contributed by atoms with Gasteiger partial charge in [-0.2, -0.15) is 0 Å². The third-order valence-electron chi connectivity index (χ3n) is 12.0. The summed E-state index contributed by atoms with van der Waals surface area (Å²) in [7, 11) is 0. The molecule has 2 heteroatoms. The Morgan fingerprint density at radius 1 is 0.281 bits per heavy atom. The van der Waals surface area contributed by atoms with E-state index in [4.69, 9.17) is 9.47 Å². The molecule has 0 saturated carbocycles. The molecular formula is C62H78O2. The number of unbranched alkanes of at least 4 members (excludes halogenated alkanes) is 18. The van der Waals surface area contributed by atoms with Gasteiger partial charge >= 0.3 is 0 Å². The molecule has 5 aromatic carbocycles. The summed E-state index contributed by atoms with van der Waals surface area (Å²) in [6, 6.07) is 42.8. The van der Waals surface area contributed by atoms with Gasteiger partial charge in [0.05, 0.1) is 13.2 Å². The van der Waals surface area contributed by atoms with Crippen molar-refractivity contribution in [1.29, 1.82) is 0 Å². The van der Waals surface area contributed by atoms with E-state index in [1.54, 1.807) is 0 Å². The van der Waals surface area contributed by atoms with Crippen LogP contribution < -0.4 is 9.47 Å². The number of hydrogen-bond acceptors (Lipinski definition) is 2. The molecule has 0 N–H and O–H groups in total. The summed E-state index contributed by atoms with van der Waals surface area (Å²) in [5, 5.41) is 0. The van der Waals surface area contributed by atoms with Crippen LogP contribution in [0.4, 0.5) is 0 Å². The fourth-order valence-corrected chi connectivity index (χ4v) is 7.97. The van der Waals surface area contributed by atoms with Crippen LogP contribution in [-0.4, -0.2) is 13.2 Å². The Morgan fingerprint density at radius 3 is 0.828 bits per heavy atom. The van der Waals surface area contributed by atoms with Crippen LogP contribution in [0.2, 0.25) is 0 Å². The number of ether oxygens (including phenoxy) is 2. The fraction of sp³-hybridized carbons (Fsp3) is 0.387. The predicted octanol–water partition coefficient (Wildman–Crippen LogP) is 19.0. The van der Waals surface area contributed by atoms with E-state index in [9.17, 15) is 0 Å². The van der Waals surface area contributed by atoms with Gasteiger partial charge in [0.15, 0.2) is 0 Å². The summed E-state index contributed by atoms with van der Waals surface area (Å²) in [5.41, 5.74) is 9.15. The van der Waals surface area contributed by atoms with E-state index < -0.39 is 0 Å². The van der Waals surface area contributed by atoms with Gasteiger partial charge in [-0.3, -0.25) is 0 Å². The first-order valence-electron chi connectivity index (χ1n) is 25.2. The second-order valence-electron chi connectivity index (χ2n) is 17.5. The first kappa shape index (κ1) is 49.7. The Bertz CT molecular complexity index is 1920. The molecule has 0 fully saturated rings. The van der Waals surface area contributed by atoms with Gasteiger partial charge in [-0.05, 0) is 58.4 Å². The van der Waals surface area contributed by atoms with Gasteiger partial charge in [0, 0.05) is 11.1 Å². The first-order chi connectivity index (χ1) is 31.7. The molecule has 5 rings (SSSR count). The maximum Gasteiger partial charge on any atom is 0.127 e. The molecule has 0 aliphatic rings. The van der Waals surface area contributed by atoms with E-state index >= 15 is 0 Å². The Hall–Kier alpha value is -5.34. The minimum Gasteiger partial charge on any atom is -0.493 e. The SMILES string of the molecule is CCCCCCCCCCCCOc1cc(/C=C/c2ccc(/C=C/c3ccccc3)cc2)c(OCCCCCCCCCCCC)cc1/C=C/c1ccc(/C=C/c2ccccc2)cc1. The van der Waals surface area contributed by atoms with E-state index in [2.05, 4.69) is 184 Å². The standard InChI is InChI=1S/C62H78O2/c1-3-5-7-9-11-13-15-17-19-27-49-63-61-51-60(48-46-58-43-39-56(40-44-58)36-34-54-31-25-22-26-32-54)62(64-50-28-20-18-16-14-12-10-8-6-4-2)52-59(61)47-45-57-41-37-55(38-42-57)35-33-53-29-23-21-24-30-53/h21-26,29-48,51-52H,3-20,27-28,49-50H2,1-2H3/b35-33+,36-34+,47-45+,48-46+. The summed E-state index contributed by atoms with van der Waals surface area (Å²) in [4.78, 5) is 0. The Balaban J connectivity index is 1.30. The highest BCUT2D eigenvalue weighted by molar-refractivity contribution is 5.80. The second kappa shape index (κ2) is 31.5. The highest BCUT2D eigenvalue weighted by Crippen LogP contribution is 2.33. The number of rotatable bonds is 32. The lowest BCUT2D eigenvalue weighted by Crippen LogP contribution is -2.03. The number of hydrogen-bond donors (Lipinski definition) is 0. The second-order valence-corrected chi connectivity index (χ2v) is 17.5. The third kappa shape index (κ3) is 20.4. The van der Waals surface area contributed by atoms with Crippen molar-refractivity contribution in [3.8, 4) is 11.5 Å². The Kier molecular flexibility index (Phi) is 24.4. The minimum absolute atomic E-state index is 0.708. The lowest BCUT2D eigenvalue weighted by atomic mass is 10.0. The lowest BCUT2D eigenvalue weighted by molar-refractivity contribution is 0.295. The quantitative estimate of drug-likeness (QED) is 0.0317. The monoisotopic (exact) mass is 855 g/mol. The summed E-state index contributed by atoms with van der Waals surface area (Å²) in [5.74, 6) is 1.81. The first-order valence-corrected chi connectivity index (χ1v) is 25.2. The van der Waals surface area contributed by atoms with Crippen molar-refractivity contribution in [3.63, 3.8) is 0 Å². The molecule has 5 aromatic rings. The van der Waals surface area contributed by atoms with Crippen LogP contribution in [0.15, 0.2) is 121 Å².